The van der Waals surface area contributed by atoms with Gasteiger partial charge >= 0.3 is 5.97 Å². The molecule has 0 radical (unpaired) electrons. The monoisotopic (exact) mass is 403 g/mol. The van der Waals surface area contributed by atoms with Crippen LogP contribution in [0.1, 0.15) is 68.6 Å². The van der Waals surface area contributed by atoms with Crippen LogP contribution in [-0.2, 0) is 9.53 Å². The van der Waals surface area contributed by atoms with Crippen LogP contribution >= 0.6 is 0 Å². The Morgan fingerprint density at radius 2 is 1.87 bits per heavy atom. The van der Waals surface area contributed by atoms with E-state index in [1.54, 1.807) is 0 Å². The van der Waals surface area contributed by atoms with Crippen LogP contribution in [0.25, 0.3) is 16.7 Å². The Bertz CT molecular complexity index is 911. The minimum Gasteiger partial charge on any atom is -0.466 e. The fourth-order valence-electron chi connectivity index (χ4n) is 4.56. The highest BCUT2D eigenvalue weighted by molar-refractivity contribution is 6.08. The van der Waals surface area contributed by atoms with Crippen LogP contribution in [0.15, 0.2) is 48.5 Å². The first-order chi connectivity index (χ1) is 14.5. The number of nitrogens with one attached hydrogen (secondary N) is 1. The molecular formula is C27H33NO2. The van der Waals surface area contributed by atoms with E-state index in [0.29, 0.717) is 24.9 Å². The van der Waals surface area contributed by atoms with Gasteiger partial charge in [0.2, 0.25) is 0 Å². The van der Waals surface area contributed by atoms with Gasteiger partial charge in [-0.2, -0.15) is 0 Å². The zero-order valence-corrected chi connectivity index (χ0v) is 18.4. The van der Waals surface area contributed by atoms with E-state index in [4.69, 9.17) is 10.1 Å². The second-order valence-corrected chi connectivity index (χ2v) is 8.45. The van der Waals surface area contributed by atoms with E-state index < -0.39 is 0 Å². The van der Waals surface area contributed by atoms with Gasteiger partial charge in [0.15, 0.2) is 0 Å². The summed E-state index contributed by atoms with van der Waals surface area (Å²) in [7, 11) is 0. The standard InChI is InChI=1S/C27H33NO2/c1-4-21(18-28)22-11-13-23(14-12-22)25-10-6-8-20(3)27(25)24-9-5-7-19(2)17-26(29)30-16-15-24/h4,6,8,10-14,18-19,24,28H,5,7,9,15-17H2,1-3H3/b21-4+,28-18?. The van der Waals surface area contributed by atoms with Gasteiger partial charge in [0, 0.05) is 12.6 Å². The van der Waals surface area contributed by atoms with Gasteiger partial charge in [-0.15, -0.1) is 0 Å². The first-order valence-electron chi connectivity index (χ1n) is 11.1. The molecule has 3 nitrogen and oxygen atoms in total. The third kappa shape index (κ3) is 5.27. The molecular weight excluding hydrogens is 370 g/mol. The summed E-state index contributed by atoms with van der Waals surface area (Å²) in [5, 5.41) is 7.58. The number of allylic oxidation sites excluding steroid dienone is 2. The van der Waals surface area contributed by atoms with E-state index in [1.807, 2.05) is 13.0 Å². The Balaban J connectivity index is 1.93. The second-order valence-electron chi connectivity index (χ2n) is 8.45. The fraction of sp³-hybridized carbons (Fsp3) is 0.407. The first-order valence-corrected chi connectivity index (χ1v) is 11.1. The summed E-state index contributed by atoms with van der Waals surface area (Å²) in [6, 6.07) is 15.0. The van der Waals surface area contributed by atoms with E-state index in [1.165, 1.54) is 28.5 Å². The molecule has 0 aromatic heterocycles. The molecule has 2 atom stereocenters. The van der Waals surface area contributed by atoms with Crippen molar-refractivity contribution in [3.8, 4) is 11.1 Å². The zero-order valence-electron chi connectivity index (χ0n) is 18.4. The maximum Gasteiger partial charge on any atom is 0.306 e. The van der Waals surface area contributed by atoms with Crippen molar-refractivity contribution >= 4 is 17.8 Å². The number of carbonyl (C=O) groups is 1. The van der Waals surface area contributed by atoms with Crippen molar-refractivity contribution in [2.75, 3.05) is 6.61 Å². The predicted molar refractivity (Wildman–Crippen MR) is 125 cm³/mol. The lowest BCUT2D eigenvalue weighted by Crippen LogP contribution is -2.15. The van der Waals surface area contributed by atoms with E-state index in [2.05, 4.69) is 56.3 Å². The van der Waals surface area contributed by atoms with Crippen LogP contribution in [0.3, 0.4) is 0 Å². The molecule has 158 valence electrons. The minimum atomic E-state index is -0.0604. The van der Waals surface area contributed by atoms with Crippen molar-refractivity contribution in [3.63, 3.8) is 0 Å². The summed E-state index contributed by atoms with van der Waals surface area (Å²) >= 11 is 0. The van der Waals surface area contributed by atoms with Crippen LogP contribution < -0.4 is 0 Å². The molecule has 2 aromatic rings. The maximum atomic E-state index is 12.0. The van der Waals surface area contributed by atoms with Crippen molar-refractivity contribution in [2.45, 2.75) is 58.8 Å². The van der Waals surface area contributed by atoms with Crippen molar-refractivity contribution in [1.82, 2.24) is 0 Å². The smallest absolute Gasteiger partial charge is 0.306 e. The average Bonchev–Trinajstić information content (AvgIpc) is 2.74. The average molecular weight is 404 g/mol. The molecule has 1 heterocycles. The van der Waals surface area contributed by atoms with Gasteiger partial charge in [-0.05, 0) is 71.9 Å². The van der Waals surface area contributed by atoms with Gasteiger partial charge in [-0.1, -0.05) is 68.3 Å². The van der Waals surface area contributed by atoms with Crippen molar-refractivity contribution in [3.05, 3.63) is 65.2 Å². The Hall–Kier alpha value is -2.68. The summed E-state index contributed by atoms with van der Waals surface area (Å²) in [5.41, 5.74) is 7.12. The minimum absolute atomic E-state index is 0.0604. The second kappa shape index (κ2) is 10.4. The molecule has 1 saturated heterocycles. The maximum absolute atomic E-state index is 12.0. The Kier molecular flexibility index (Phi) is 7.62. The molecule has 1 fully saturated rings. The quantitative estimate of drug-likeness (QED) is 0.444. The topological polar surface area (TPSA) is 50.2 Å². The van der Waals surface area contributed by atoms with Gasteiger partial charge in [0.05, 0.1) is 6.61 Å². The highest BCUT2D eigenvalue weighted by Crippen LogP contribution is 2.37. The molecule has 1 aliphatic heterocycles. The van der Waals surface area contributed by atoms with Crippen LogP contribution in [0.2, 0.25) is 0 Å². The summed E-state index contributed by atoms with van der Waals surface area (Å²) in [4.78, 5) is 12.0. The van der Waals surface area contributed by atoms with Gasteiger partial charge < -0.3 is 10.1 Å². The number of rotatable bonds is 4. The normalized spacial score (nSPS) is 21.0. The molecule has 2 aromatic carbocycles. The molecule has 1 aliphatic rings. The molecule has 3 heteroatoms. The third-order valence-corrected chi connectivity index (χ3v) is 6.22. The lowest BCUT2D eigenvalue weighted by molar-refractivity contribution is -0.145. The Morgan fingerprint density at radius 3 is 2.57 bits per heavy atom. The third-order valence-electron chi connectivity index (χ3n) is 6.22. The predicted octanol–water partition coefficient (Wildman–Crippen LogP) is 6.94. The van der Waals surface area contributed by atoms with Crippen LogP contribution in [-0.4, -0.2) is 18.8 Å². The molecule has 0 bridgehead atoms. The van der Waals surface area contributed by atoms with E-state index in [-0.39, 0.29) is 5.97 Å². The largest absolute Gasteiger partial charge is 0.466 e. The number of aryl methyl sites for hydroxylation is 1. The molecule has 0 aliphatic carbocycles. The number of cyclic esters (lactones) is 1. The van der Waals surface area contributed by atoms with Crippen LogP contribution in [0.4, 0.5) is 0 Å². The van der Waals surface area contributed by atoms with Gasteiger partial charge in [0.1, 0.15) is 0 Å². The number of hydrogen-bond acceptors (Lipinski definition) is 3. The summed E-state index contributed by atoms with van der Waals surface area (Å²) in [6.45, 7) is 6.78. The molecule has 0 saturated carbocycles. The number of ether oxygens (including phenoxy) is 1. The number of hydrogen-bond donors (Lipinski definition) is 1. The molecule has 0 spiro atoms. The summed E-state index contributed by atoms with van der Waals surface area (Å²) in [6.07, 6.45) is 8.09. The number of esters is 1. The van der Waals surface area contributed by atoms with Crippen molar-refractivity contribution < 1.29 is 9.53 Å². The number of carbonyl (C=O) groups excluding carboxylic acids is 1. The highest BCUT2D eigenvalue weighted by Gasteiger charge is 2.21. The van der Waals surface area contributed by atoms with Crippen LogP contribution in [0.5, 0.6) is 0 Å². The first kappa shape index (κ1) is 22.0. The van der Waals surface area contributed by atoms with Crippen molar-refractivity contribution in [1.29, 1.82) is 5.41 Å². The Labute approximate surface area is 180 Å². The zero-order chi connectivity index (χ0) is 21.5. The van der Waals surface area contributed by atoms with Gasteiger partial charge in [-0.3, -0.25) is 4.79 Å². The van der Waals surface area contributed by atoms with Crippen LogP contribution in [0, 0.1) is 18.3 Å². The summed E-state index contributed by atoms with van der Waals surface area (Å²) < 4.78 is 5.53. The molecule has 0 amide bonds. The summed E-state index contributed by atoms with van der Waals surface area (Å²) in [5.74, 6) is 0.705. The highest BCUT2D eigenvalue weighted by atomic mass is 16.5. The molecule has 1 N–H and O–H groups in total. The molecule has 30 heavy (non-hydrogen) atoms. The molecule has 3 rings (SSSR count). The SMILES string of the molecule is C/C=C(\C=N)c1ccc(-c2cccc(C)c2C2CCCC(C)CC(=O)OCC2)cc1. The van der Waals surface area contributed by atoms with Gasteiger partial charge in [-0.25, -0.2) is 0 Å². The number of benzene rings is 2. The lowest BCUT2D eigenvalue weighted by Gasteiger charge is -2.25. The van der Waals surface area contributed by atoms with E-state index >= 15 is 0 Å². The molecule has 2 unspecified atom stereocenters. The van der Waals surface area contributed by atoms with E-state index in [9.17, 15) is 4.79 Å². The van der Waals surface area contributed by atoms with Crippen molar-refractivity contribution in [2.24, 2.45) is 5.92 Å². The Morgan fingerprint density at radius 1 is 1.10 bits per heavy atom. The fourth-order valence-corrected chi connectivity index (χ4v) is 4.56. The van der Waals surface area contributed by atoms with E-state index in [0.717, 1.165) is 36.8 Å². The lowest BCUT2D eigenvalue weighted by atomic mass is 9.82. The van der Waals surface area contributed by atoms with Gasteiger partial charge in [0.25, 0.3) is 0 Å².